The third-order valence-corrected chi connectivity index (χ3v) is 6.09. The van der Waals surface area contributed by atoms with Crippen LogP contribution in [0, 0.1) is 0 Å². The van der Waals surface area contributed by atoms with Crippen LogP contribution in [0.2, 0.25) is 0 Å². The highest BCUT2D eigenvalue weighted by Gasteiger charge is 2.29. The van der Waals surface area contributed by atoms with Gasteiger partial charge in [0.2, 0.25) is 0 Å². The fourth-order valence-corrected chi connectivity index (χ4v) is 4.80. The number of hydrogen-bond donors (Lipinski definition) is 0. The van der Waals surface area contributed by atoms with E-state index in [0.29, 0.717) is 0 Å². The van der Waals surface area contributed by atoms with E-state index in [-0.39, 0.29) is 5.92 Å². The van der Waals surface area contributed by atoms with Crippen molar-refractivity contribution in [3.8, 4) is 11.1 Å². The van der Waals surface area contributed by atoms with Crippen molar-refractivity contribution in [3.05, 3.63) is 106 Å². The van der Waals surface area contributed by atoms with Crippen LogP contribution in [0.4, 0.5) is 0 Å². The summed E-state index contributed by atoms with van der Waals surface area (Å²) in [6.07, 6.45) is 3.86. The lowest BCUT2D eigenvalue weighted by Crippen LogP contribution is -2.00. The number of benzene rings is 3. The van der Waals surface area contributed by atoms with Crippen molar-refractivity contribution in [2.45, 2.75) is 5.92 Å². The van der Waals surface area contributed by atoms with Crippen molar-refractivity contribution >= 4 is 37.7 Å². The van der Waals surface area contributed by atoms with Gasteiger partial charge in [0.1, 0.15) is 0 Å². The summed E-state index contributed by atoms with van der Waals surface area (Å²) in [5.74, 6) is 0.220. The molecule has 2 nitrogen and oxygen atoms in total. The van der Waals surface area contributed by atoms with Gasteiger partial charge < -0.3 is 0 Å². The van der Waals surface area contributed by atoms with Gasteiger partial charge in [0.25, 0.3) is 0 Å². The van der Waals surface area contributed by atoms with Gasteiger partial charge in [0.05, 0.1) is 11.0 Å². The Balaban J connectivity index is 1.59. The molecule has 0 atom stereocenters. The van der Waals surface area contributed by atoms with E-state index in [9.17, 15) is 0 Å². The first kappa shape index (κ1) is 16.0. The van der Waals surface area contributed by atoms with Gasteiger partial charge in [0.15, 0.2) is 0 Å². The molecule has 0 bridgehead atoms. The number of aromatic nitrogens is 2. The van der Waals surface area contributed by atoms with Gasteiger partial charge in [-0.1, -0.05) is 60.7 Å². The van der Waals surface area contributed by atoms with Crippen LogP contribution in [-0.2, 0) is 0 Å². The lowest BCUT2D eigenvalue weighted by atomic mass is 9.89. The lowest BCUT2D eigenvalue weighted by Gasteiger charge is -2.15. The van der Waals surface area contributed by atoms with Crippen LogP contribution in [0.25, 0.3) is 32.9 Å². The minimum Gasteiger partial charge on any atom is -0.254 e. The molecule has 1 aliphatic carbocycles. The zero-order valence-corrected chi connectivity index (χ0v) is 16.5. The third-order valence-electron chi connectivity index (χ3n) is 5.66. The van der Waals surface area contributed by atoms with Crippen LogP contribution in [0.15, 0.2) is 89.7 Å². The highest BCUT2D eigenvalue weighted by Crippen LogP contribution is 2.47. The highest BCUT2D eigenvalue weighted by atomic mass is 79.9. The van der Waals surface area contributed by atoms with E-state index >= 15 is 0 Å². The van der Waals surface area contributed by atoms with E-state index in [4.69, 9.17) is 4.98 Å². The summed E-state index contributed by atoms with van der Waals surface area (Å²) in [6.45, 7) is 0. The smallest absolute Gasteiger partial charge is 0.0965 e. The summed E-state index contributed by atoms with van der Waals surface area (Å²) in [4.78, 5) is 9.45. The van der Waals surface area contributed by atoms with E-state index in [1.165, 1.54) is 27.8 Å². The summed E-state index contributed by atoms with van der Waals surface area (Å²) in [6, 6.07) is 26.0. The van der Waals surface area contributed by atoms with Crippen molar-refractivity contribution in [3.63, 3.8) is 0 Å². The minimum atomic E-state index is 0.220. The maximum atomic E-state index is 4.85. The second kappa shape index (κ2) is 5.98. The molecular formula is C25H15BrN2. The van der Waals surface area contributed by atoms with Crippen LogP contribution in [0.3, 0.4) is 0 Å². The van der Waals surface area contributed by atoms with Crippen molar-refractivity contribution in [1.29, 1.82) is 0 Å². The van der Waals surface area contributed by atoms with E-state index in [1.807, 2.05) is 12.4 Å². The van der Waals surface area contributed by atoms with Crippen LogP contribution in [0.5, 0.6) is 0 Å². The molecular weight excluding hydrogens is 408 g/mol. The van der Waals surface area contributed by atoms with Gasteiger partial charge in [-0.25, -0.2) is 0 Å². The van der Waals surface area contributed by atoms with Crippen LogP contribution in [0.1, 0.15) is 22.6 Å². The Bertz CT molecular complexity index is 1340. The molecule has 3 aromatic carbocycles. The molecule has 0 radical (unpaired) electrons. The first-order chi connectivity index (χ1) is 13.8. The summed E-state index contributed by atoms with van der Waals surface area (Å²) in [5, 5.41) is 2.22. The van der Waals surface area contributed by atoms with Gasteiger partial charge in [-0.2, -0.15) is 0 Å². The fourth-order valence-electron chi connectivity index (χ4n) is 4.46. The minimum absolute atomic E-state index is 0.220. The molecule has 0 N–H and O–H groups in total. The second-order valence-corrected chi connectivity index (χ2v) is 8.15. The maximum Gasteiger partial charge on any atom is 0.0965 e. The molecule has 0 spiro atoms. The Labute approximate surface area is 171 Å². The molecule has 0 unspecified atom stereocenters. The second-order valence-electron chi connectivity index (χ2n) is 7.24. The molecule has 2 aromatic heterocycles. The van der Waals surface area contributed by atoms with Gasteiger partial charge in [-0.3, -0.25) is 9.97 Å². The lowest BCUT2D eigenvalue weighted by molar-refractivity contribution is 1.01. The third kappa shape index (κ3) is 2.26. The quantitative estimate of drug-likeness (QED) is 0.275. The topological polar surface area (TPSA) is 25.8 Å². The number of fused-ring (bicyclic) bond motifs is 6. The zero-order valence-electron chi connectivity index (χ0n) is 14.9. The Hall–Kier alpha value is -3.04. The molecule has 28 heavy (non-hydrogen) atoms. The number of hydrogen-bond acceptors (Lipinski definition) is 2. The van der Waals surface area contributed by atoms with Gasteiger partial charge in [-0.05, 0) is 55.9 Å². The SMILES string of the molecule is Brc1cnc2c(ccc3cc(C4c5ccccc5-c5ccccc54)cnc32)c1. The maximum absolute atomic E-state index is 4.85. The average Bonchev–Trinajstić information content (AvgIpc) is 3.07. The van der Waals surface area contributed by atoms with Crippen LogP contribution in [-0.4, -0.2) is 9.97 Å². The molecule has 1 aliphatic rings. The molecule has 0 amide bonds. The fraction of sp³-hybridized carbons (Fsp3) is 0.0400. The van der Waals surface area contributed by atoms with Crippen molar-refractivity contribution in [2.75, 3.05) is 0 Å². The predicted octanol–water partition coefficient (Wildman–Crippen LogP) is 6.71. The molecule has 132 valence electrons. The van der Waals surface area contributed by atoms with Crippen LogP contribution >= 0.6 is 15.9 Å². The molecule has 0 fully saturated rings. The average molecular weight is 423 g/mol. The number of halogens is 1. The molecule has 3 heteroatoms. The van der Waals surface area contributed by atoms with E-state index in [2.05, 4.69) is 93.7 Å². The summed E-state index contributed by atoms with van der Waals surface area (Å²) in [7, 11) is 0. The Kier molecular flexibility index (Phi) is 3.41. The normalized spacial score (nSPS) is 13.0. The predicted molar refractivity (Wildman–Crippen MR) is 118 cm³/mol. The summed E-state index contributed by atoms with van der Waals surface area (Å²) < 4.78 is 0.982. The van der Waals surface area contributed by atoms with Crippen molar-refractivity contribution in [1.82, 2.24) is 9.97 Å². The van der Waals surface area contributed by atoms with E-state index in [0.717, 1.165) is 26.3 Å². The number of rotatable bonds is 1. The highest BCUT2D eigenvalue weighted by molar-refractivity contribution is 9.10. The molecule has 0 saturated carbocycles. The first-order valence-corrected chi connectivity index (χ1v) is 10.1. The van der Waals surface area contributed by atoms with Crippen molar-refractivity contribution in [2.24, 2.45) is 0 Å². The number of nitrogens with zero attached hydrogens (tertiary/aromatic N) is 2. The largest absolute Gasteiger partial charge is 0.254 e. The molecule has 0 saturated heterocycles. The van der Waals surface area contributed by atoms with Crippen LogP contribution < -0.4 is 0 Å². The van der Waals surface area contributed by atoms with Gasteiger partial charge >= 0.3 is 0 Å². The Morgan fingerprint density at radius 2 is 1.21 bits per heavy atom. The van der Waals surface area contributed by atoms with Gasteiger partial charge in [0, 0.05) is 33.6 Å². The monoisotopic (exact) mass is 422 g/mol. The molecule has 6 rings (SSSR count). The van der Waals surface area contributed by atoms with Gasteiger partial charge in [-0.15, -0.1) is 0 Å². The van der Waals surface area contributed by atoms with E-state index in [1.54, 1.807) is 0 Å². The standard InChI is InChI=1S/C25H15BrN2/c26-18-12-16-10-9-15-11-17(13-27-24(15)25(16)28-14-18)23-21-7-3-1-5-19(21)20-6-2-4-8-22(20)23/h1-14,23H. The summed E-state index contributed by atoms with van der Waals surface area (Å²) >= 11 is 3.50. The Morgan fingerprint density at radius 3 is 1.89 bits per heavy atom. The van der Waals surface area contributed by atoms with E-state index < -0.39 is 0 Å². The molecule has 5 aromatic rings. The zero-order chi connectivity index (χ0) is 18.7. The van der Waals surface area contributed by atoms with Crippen molar-refractivity contribution < 1.29 is 0 Å². The number of pyridine rings is 2. The molecule has 2 heterocycles. The Morgan fingerprint density at radius 1 is 0.643 bits per heavy atom. The summed E-state index contributed by atoms with van der Waals surface area (Å²) in [5.41, 5.74) is 8.48. The first-order valence-electron chi connectivity index (χ1n) is 9.32. The molecule has 0 aliphatic heterocycles.